The summed E-state index contributed by atoms with van der Waals surface area (Å²) >= 11 is 0. The first kappa shape index (κ1) is 28.0. The van der Waals surface area contributed by atoms with Crippen LogP contribution in [0.3, 0.4) is 0 Å². The number of quaternary nitrogens is 1. The van der Waals surface area contributed by atoms with Gasteiger partial charge in [-0.25, -0.2) is 15.0 Å². The molecule has 0 spiro atoms. The molecule has 0 saturated carbocycles. The summed E-state index contributed by atoms with van der Waals surface area (Å²) in [7, 11) is 0. The fourth-order valence-electron chi connectivity index (χ4n) is 3.70. The largest absolute Gasteiger partial charge is 1.00 e. The van der Waals surface area contributed by atoms with E-state index < -0.39 is 11.9 Å². The molecule has 0 radical (unpaired) electrons. The van der Waals surface area contributed by atoms with Crippen molar-refractivity contribution in [3.8, 4) is 24.0 Å². The Kier molecular flexibility index (Phi) is 12.7. The van der Waals surface area contributed by atoms with Gasteiger partial charge < -0.3 is 14.7 Å². The van der Waals surface area contributed by atoms with Crippen LogP contribution in [-0.2, 0) is 0 Å². The molecule has 180 valence electrons. The van der Waals surface area contributed by atoms with Gasteiger partial charge in [0.2, 0.25) is 0 Å². The molecule has 0 aliphatic heterocycles. The van der Waals surface area contributed by atoms with Crippen LogP contribution in [0.5, 0.6) is 11.9 Å². The summed E-state index contributed by atoms with van der Waals surface area (Å²) < 4.78 is 1.42. The standard InChI is InChI=1S/C16H36N.C8H2N6O2/c1-5-9-13-17(14-10-6-2,15-11-7-3)16-12-8-4;9-1-3-4(2-10)12-6-5(11-3)7(15)14-8(16)13-6/h5-16H2,1-4H3;(H2,12,13,14,15,16)/q+1;/p-1. The lowest BCUT2D eigenvalue weighted by molar-refractivity contribution is -0.929. The van der Waals surface area contributed by atoms with Crippen LogP contribution in [0.1, 0.15) is 91.9 Å². The van der Waals surface area contributed by atoms with E-state index in [1.807, 2.05) is 0 Å². The maximum absolute atomic E-state index is 11.2. The second-order valence-electron chi connectivity index (χ2n) is 8.28. The quantitative estimate of drug-likeness (QED) is 0.442. The number of nitrogens with zero attached hydrogens (tertiary/aromatic N) is 7. The average Bonchev–Trinajstić information content (AvgIpc) is 2.82. The minimum Gasteiger partial charge on any atom is -0.857 e. The van der Waals surface area contributed by atoms with Gasteiger partial charge in [-0.1, -0.05) is 53.4 Å². The summed E-state index contributed by atoms with van der Waals surface area (Å²) in [6.07, 6.45) is 11.1. The number of fused-ring (bicyclic) bond motifs is 1. The fraction of sp³-hybridized carbons (Fsp3) is 0.667. The Bertz CT molecular complexity index is 919. The van der Waals surface area contributed by atoms with E-state index >= 15 is 0 Å². The highest BCUT2D eigenvalue weighted by molar-refractivity contribution is 5.76. The SMILES string of the molecule is CCCC[N+](CCCC)(CCCC)CCCC.N#Cc1nc2nc([O-])nc([O-])c2nc1C#N.[H+]. The Morgan fingerprint density at radius 1 is 0.697 bits per heavy atom. The van der Waals surface area contributed by atoms with Crippen LogP contribution in [-0.4, -0.2) is 50.6 Å². The first-order chi connectivity index (χ1) is 15.9. The van der Waals surface area contributed by atoms with Gasteiger partial charge in [-0.05, 0) is 25.7 Å². The molecule has 0 bridgehead atoms. The van der Waals surface area contributed by atoms with Gasteiger partial charge in [0, 0.05) is 5.88 Å². The number of unbranched alkanes of at least 4 members (excludes halogenated alkanes) is 4. The van der Waals surface area contributed by atoms with Gasteiger partial charge in [-0.15, -0.1) is 0 Å². The lowest BCUT2D eigenvalue weighted by Crippen LogP contribution is -2.50. The molecule has 2 aromatic heterocycles. The highest BCUT2D eigenvalue weighted by atomic mass is 16.3. The molecule has 0 amide bonds. The van der Waals surface area contributed by atoms with E-state index in [1.165, 1.54) is 82.0 Å². The molecule has 9 nitrogen and oxygen atoms in total. The highest BCUT2D eigenvalue weighted by Crippen LogP contribution is 2.18. The molecule has 0 atom stereocenters. The molecule has 0 aromatic carbocycles. The third-order valence-corrected chi connectivity index (χ3v) is 5.63. The van der Waals surface area contributed by atoms with Gasteiger partial charge in [0.15, 0.2) is 17.0 Å². The summed E-state index contributed by atoms with van der Waals surface area (Å²) in [6.45, 7) is 15.0. The zero-order chi connectivity index (χ0) is 24.7. The fourth-order valence-corrected chi connectivity index (χ4v) is 3.70. The first-order valence-corrected chi connectivity index (χ1v) is 12.0. The predicted octanol–water partition coefficient (Wildman–Crippen LogP) is 3.43. The second kappa shape index (κ2) is 14.9. The Labute approximate surface area is 198 Å². The van der Waals surface area contributed by atoms with Gasteiger partial charge >= 0.3 is 1.43 Å². The van der Waals surface area contributed by atoms with E-state index in [0.717, 1.165) is 0 Å². The highest BCUT2D eigenvalue weighted by Gasteiger charge is 2.24. The molecule has 2 aromatic rings. The molecule has 0 N–H and O–H groups in total. The molecular weight excluding hydrogens is 418 g/mol. The molecule has 0 fully saturated rings. The van der Waals surface area contributed by atoms with Crippen LogP contribution in [0.15, 0.2) is 0 Å². The molecule has 2 heterocycles. The van der Waals surface area contributed by atoms with Crippen molar-refractivity contribution in [1.82, 2.24) is 19.9 Å². The lowest BCUT2D eigenvalue weighted by atomic mass is 10.1. The van der Waals surface area contributed by atoms with Crippen molar-refractivity contribution in [2.24, 2.45) is 0 Å². The molecule has 0 aliphatic rings. The lowest BCUT2D eigenvalue weighted by Gasteiger charge is -2.39. The first-order valence-electron chi connectivity index (χ1n) is 12.0. The van der Waals surface area contributed by atoms with Crippen molar-refractivity contribution in [2.45, 2.75) is 79.1 Å². The number of aromatic nitrogens is 4. The number of rotatable bonds is 12. The van der Waals surface area contributed by atoms with Crippen LogP contribution >= 0.6 is 0 Å². The van der Waals surface area contributed by atoms with Gasteiger partial charge in [0.05, 0.1) is 32.2 Å². The number of hydrogen-bond donors (Lipinski definition) is 0. The molecule has 0 aliphatic carbocycles. The van der Waals surface area contributed by atoms with Crippen molar-refractivity contribution >= 4 is 11.2 Å². The molecule has 9 heteroatoms. The van der Waals surface area contributed by atoms with Gasteiger partial charge in [0.1, 0.15) is 17.7 Å². The van der Waals surface area contributed by atoms with E-state index in [9.17, 15) is 10.2 Å². The normalized spacial score (nSPS) is 10.8. The van der Waals surface area contributed by atoms with E-state index in [-0.39, 0.29) is 24.0 Å². The van der Waals surface area contributed by atoms with Gasteiger partial charge in [-0.3, -0.25) is 4.98 Å². The van der Waals surface area contributed by atoms with Crippen molar-refractivity contribution < 1.29 is 16.1 Å². The average molecular weight is 456 g/mol. The molecular formula is C24H37N7O2. The van der Waals surface area contributed by atoms with E-state index in [1.54, 1.807) is 12.1 Å². The summed E-state index contributed by atoms with van der Waals surface area (Å²) in [5.74, 6) is -0.913. The van der Waals surface area contributed by atoms with Crippen LogP contribution in [0.25, 0.3) is 11.2 Å². The Morgan fingerprint density at radius 3 is 1.52 bits per heavy atom. The van der Waals surface area contributed by atoms with Crippen molar-refractivity contribution in [2.75, 3.05) is 26.2 Å². The molecule has 0 saturated heterocycles. The van der Waals surface area contributed by atoms with Crippen LogP contribution in [0, 0.1) is 22.7 Å². The van der Waals surface area contributed by atoms with Crippen molar-refractivity contribution in [3.05, 3.63) is 11.4 Å². The van der Waals surface area contributed by atoms with Gasteiger partial charge in [-0.2, -0.15) is 10.5 Å². The zero-order valence-electron chi connectivity index (χ0n) is 21.4. The number of hydrogen-bond acceptors (Lipinski definition) is 8. The van der Waals surface area contributed by atoms with Crippen molar-refractivity contribution in [3.63, 3.8) is 0 Å². The molecule has 2 rings (SSSR count). The maximum atomic E-state index is 11.2. The summed E-state index contributed by atoms with van der Waals surface area (Å²) in [6, 6.07) is 2.23. The third-order valence-electron chi connectivity index (χ3n) is 5.63. The van der Waals surface area contributed by atoms with E-state index in [4.69, 9.17) is 10.5 Å². The summed E-state index contributed by atoms with van der Waals surface area (Å²) in [5, 5.41) is 39.3. The van der Waals surface area contributed by atoms with Crippen LogP contribution in [0.2, 0.25) is 0 Å². The van der Waals surface area contributed by atoms with Gasteiger partial charge in [0.25, 0.3) is 0 Å². The minimum atomic E-state index is -1.000. The number of nitriles is 2. The Balaban J connectivity index is 0.000000622. The van der Waals surface area contributed by atoms with E-state index in [0.29, 0.717) is 0 Å². The van der Waals surface area contributed by atoms with Crippen molar-refractivity contribution in [1.29, 1.82) is 10.5 Å². The Morgan fingerprint density at radius 2 is 1.12 bits per heavy atom. The summed E-state index contributed by atoms with van der Waals surface area (Å²) in [5.41, 5.74) is -1.16. The Hall–Kier alpha value is -3.04. The molecule has 33 heavy (non-hydrogen) atoms. The maximum Gasteiger partial charge on any atom is 1.00 e. The van der Waals surface area contributed by atoms with Crippen LogP contribution < -0.4 is 10.2 Å². The monoisotopic (exact) mass is 455 g/mol. The smallest absolute Gasteiger partial charge is 0.857 e. The van der Waals surface area contributed by atoms with Crippen LogP contribution in [0.4, 0.5) is 0 Å². The topological polar surface area (TPSA) is 145 Å². The molecule has 0 unspecified atom stereocenters. The summed E-state index contributed by atoms with van der Waals surface area (Å²) in [4.78, 5) is 13.5. The second-order valence-corrected chi connectivity index (χ2v) is 8.28. The third kappa shape index (κ3) is 8.78. The van der Waals surface area contributed by atoms with E-state index in [2.05, 4.69) is 47.6 Å². The minimum absolute atomic E-state index is 0. The predicted molar refractivity (Wildman–Crippen MR) is 124 cm³/mol. The zero-order valence-corrected chi connectivity index (χ0v) is 20.4.